The molecule has 106 valence electrons. The molecule has 0 amide bonds. The molecule has 1 atom stereocenters. The lowest BCUT2D eigenvalue weighted by atomic mass is 10.0. The minimum atomic E-state index is -0.0528. The number of benzene rings is 2. The molecule has 0 saturated heterocycles. The van der Waals surface area contributed by atoms with Crippen molar-refractivity contribution in [1.82, 2.24) is 4.98 Å². The first-order chi connectivity index (χ1) is 10.2. The van der Waals surface area contributed by atoms with E-state index in [1.54, 1.807) is 0 Å². The number of anilines is 1. The van der Waals surface area contributed by atoms with Crippen molar-refractivity contribution < 1.29 is 0 Å². The largest absolute Gasteiger partial charge is 0.371 e. The minimum Gasteiger partial charge on any atom is -0.371 e. The molecule has 0 bridgehead atoms. The smallest absolute Gasteiger partial charge is 0.257 e. The highest BCUT2D eigenvalue weighted by atomic mass is 16.1. The van der Waals surface area contributed by atoms with Gasteiger partial charge in [-0.3, -0.25) is 4.79 Å². The van der Waals surface area contributed by atoms with Crippen LogP contribution in [0, 0.1) is 0 Å². The van der Waals surface area contributed by atoms with Crippen LogP contribution < -0.4 is 10.9 Å². The average molecular weight is 278 g/mol. The van der Waals surface area contributed by atoms with E-state index in [1.165, 1.54) is 5.56 Å². The summed E-state index contributed by atoms with van der Waals surface area (Å²) in [6, 6.07) is 19.9. The van der Waals surface area contributed by atoms with Crippen LogP contribution in [0.15, 0.2) is 65.5 Å². The maximum atomic E-state index is 12.0. The van der Waals surface area contributed by atoms with Crippen molar-refractivity contribution in [2.75, 3.05) is 11.9 Å². The number of aromatic nitrogens is 1. The summed E-state index contributed by atoms with van der Waals surface area (Å²) >= 11 is 0. The molecule has 0 spiro atoms. The van der Waals surface area contributed by atoms with E-state index in [4.69, 9.17) is 0 Å². The highest BCUT2D eigenvalue weighted by molar-refractivity contribution is 5.83. The molecular formula is C18H18N2O. The van der Waals surface area contributed by atoms with Gasteiger partial charge in [0, 0.05) is 11.9 Å². The van der Waals surface area contributed by atoms with Gasteiger partial charge < -0.3 is 10.3 Å². The summed E-state index contributed by atoms with van der Waals surface area (Å²) in [4.78, 5) is 14.9. The van der Waals surface area contributed by atoms with E-state index in [0.29, 0.717) is 5.92 Å². The summed E-state index contributed by atoms with van der Waals surface area (Å²) in [6.07, 6.45) is 0. The summed E-state index contributed by atoms with van der Waals surface area (Å²) in [7, 11) is 0. The zero-order valence-corrected chi connectivity index (χ0v) is 12.0. The van der Waals surface area contributed by atoms with Gasteiger partial charge in [0.2, 0.25) is 0 Å². The quantitative estimate of drug-likeness (QED) is 0.763. The van der Waals surface area contributed by atoms with E-state index in [2.05, 4.69) is 29.4 Å². The lowest BCUT2D eigenvalue weighted by Gasteiger charge is -2.14. The molecule has 1 heterocycles. The third-order valence-corrected chi connectivity index (χ3v) is 3.72. The monoisotopic (exact) mass is 278 g/mol. The van der Waals surface area contributed by atoms with Crippen molar-refractivity contribution in [3.63, 3.8) is 0 Å². The SMILES string of the molecule is CC(CNc1cc2ccccc2c(=O)[nH]1)c1ccccc1. The van der Waals surface area contributed by atoms with Crippen molar-refractivity contribution in [1.29, 1.82) is 0 Å². The molecule has 2 aromatic carbocycles. The molecule has 0 aliphatic heterocycles. The van der Waals surface area contributed by atoms with Crippen LogP contribution in [-0.2, 0) is 0 Å². The molecule has 1 unspecified atom stereocenters. The molecule has 0 radical (unpaired) electrons. The fourth-order valence-corrected chi connectivity index (χ4v) is 2.47. The Morgan fingerprint density at radius 1 is 1.05 bits per heavy atom. The predicted octanol–water partition coefficient (Wildman–Crippen LogP) is 3.74. The average Bonchev–Trinajstić information content (AvgIpc) is 2.53. The number of pyridine rings is 1. The molecular weight excluding hydrogens is 260 g/mol. The van der Waals surface area contributed by atoms with Gasteiger partial charge in [0.05, 0.1) is 0 Å². The molecule has 0 aliphatic rings. The van der Waals surface area contributed by atoms with Crippen LogP contribution in [0.5, 0.6) is 0 Å². The van der Waals surface area contributed by atoms with Gasteiger partial charge >= 0.3 is 0 Å². The van der Waals surface area contributed by atoms with Crippen LogP contribution in [0.1, 0.15) is 18.4 Å². The Morgan fingerprint density at radius 3 is 2.57 bits per heavy atom. The van der Waals surface area contributed by atoms with Crippen molar-refractivity contribution in [2.24, 2.45) is 0 Å². The molecule has 0 aliphatic carbocycles. The Bertz CT molecular complexity index is 793. The topological polar surface area (TPSA) is 44.9 Å². The van der Waals surface area contributed by atoms with Gasteiger partial charge in [-0.25, -0.2) is 0 Å². The van der Waals surface area contributed by atoms with Gasteiger partial charge in [-0.05, 0) is 29.0 Å². The Balaban J connectivity index is 1.78. The lowest BCUT2D eigenvalue weighted by molar-refractivity contribution is 0.801. The minimum absolute atomic E-state index is 0.0528. The number of aromatic amines is 1. The number of fused-ring (bicyclic) bond motifs is 1. The first-order valence-electron chi connectivity index (χ1n) is 7.15. The Morgan fingerprint density at radius 2 is 1.76 bits per heavy atom. The number of H-pyrrole nitrogens is 1. The van der Waals surface area contributed by atoms with E-state index >= 15 is 0 Å². The lowest BCUT2D eigenvalue weighted by Crippen LogP contribution is -2.14. The van der Waals surface area contributed by atoms with E-state index in [1.807, 2.05) is 48.5 Å². The standard InChI is InChI=1S/C18H18N2O/c1-13(14-7-3-2-4-8-14)12-19-17-11-15-9-5-6-10-16(15)18(21)20-17/h2-11,13H,12H2,1H3,(H2,19,20,21). The van der Waals surface area contributed by atoms with E-state index in [0.717, 1.165) is 23.1 Å². The fourth-order valence-electron chi connectivity index (χ4n) is 2.47. The molecule has 3 heteroatoms. The van der Waals surface area contributed by atoms with Crippen molar-refractivity contribution in [3.8, 4) is 0 Å². The van der Waals surface area contributed by atoms with Crippen molar-refractivity contribution >= 4 is 16.6 Å². The fraction of sp³-hybridized carbons (Fsp3) is 0.167. The van der Waals surface area contributed by atoms with Gasteiger partial charge in [0.1, 0.15) is 5.82 Å². The van der Waals surface area contributed by atoms with Gasteiger partial charge in [0.25, 0.3) is 5.56 Å². The van der Waals surface area contributed by atoms with Crippen LogP contribution >= 0.6 is 0 Å². The summed E-state index contributed by atoms with van der Waals surface area (Å²) in [6.45, 7) is 2.94. The van der Waals surface area contributed by atoms with E-state index < -0.39 is 0 Å². The third-order valence-electron chi connectivity index (χ3n) is 3.72. The van der Waals surface area contributed by atoms with Crippen LogP contribution in [-0.4, -0.2) is 11.5 Å². The van der Waals surface area contributed by atoms with E-state index in [9.17, 15) is 4.79 Å². The predicted molar refractivity (Wildman–Crippen MR) is 87.9 cm³/mol. The van der Waals surface area contributed by atoms with Crippen LogP contribution in [0.2, 0.25) is 0 Å². The third kappa shape index (κ3) is 2.97. The molecule has 21 heavy (non-hydrogen) atoms. The Kier molecular flexibility index (Phi) is 3.73. The first-order valence-corrected chi connectivity index (χ1v) is 7.15. The summed E-state index contributed by atoms with van der Waals surface area (Å²) in [5.41, 5.74) is 1.23. The number of hydrogen-bond donors (Lipinski definition) is 2. The molecule has 3 nitrogen and oxygen atoms in total. The second-order valence-electron chi connectivity index (χ2n) is 5.29. The summed E-state index contributed by atoms with van der Waals surface area (Å²) < 4.78 is 0. The van der Waals surface area contributed by atoms with Crippen molar-refractivity contribution in [2.45, 2.75) is 12.8 Å². The molecule has 1 aromatic heterocycles. The van der Waals surface area contributed by atoms with Gasteiger partial charge in [-0.15, -0.1) is 0 Å². The second-order valence-corrected chi connectivity index (χ2v) is 5.29. The Labute approximate surface area is 123 Å². The van der Waals surface area contributed by atoms with Gasteiger partial charge in [0.15, 0.2) is 0 Å². The van der Waals surface area contributed by atoms with Crippen molar-refractivity contribution in [3.05, 3.63) is 76.6 Å². The highest BCUT2D eigenvalue weighted by Gasteiger charge is 2.06. The number of hydrogen-bond acceptors (Lipinski definition) is 2. The number of nitrogens with one attached hydrogen (secondary N) is 2. The molecule has 2 N–H and O–H groups in total. The Hall–Kier alpha value is -2.55. The second kappa shape index (κ2) is 5.83. The normalized spacial score (nSPS) is 12.2. The molecule has 3 rings (SSSR count). The van der Waals surface area contributed by atoms with E-state index in [-0.39, 0.29) is 5.56 Å². The van der Waals surface area contributed by atoms with Gasteiger partial charge in [-0.1, -0.05) is 55.5 Å². The molecule has 3 aromatic rings. The zero-order valence-electron chi connectivity index (χ0n) is 12.0. The zero-order chi connectivity index (χ0) is 14.7. The molecule has 0 fully saturated rings. The van der Waals surface area contributed by atoms with Gasteiger partial charge in [-0.2, -0.15) is 0 Å². The maximum Gasteiger partial charge on any atom is 0.257 e. The molecule has 0 saturated carbocycles. The maximum absolute atomic E-state index is 12.0. The van der Waals surface area contributed by atoms with Crippen LogP contribution in [0.4, 0.5) is 5.82 Å². The summed E-state index contributed by atoms with van der Waals surface area (Å²) in [5, 5.41) is 5.00. The first kappa shape index (κ1) is 13.4. The highest BCUT2D eigenvalue weighted by Crippen LogP contribution is 2.17. The van der Waals surface area contributed by atoms with Crippen LogP contribution in [0.25, 0.3) is 10.8 Å². The summed E-state index contributed by atoms with van der Waals surface area (Å²) in [5.74, 6) is 1.14. The van der Waals surface area contributed by atoms with Crippen LogP contribution in [0.3, 0.4) is 0 Å². The number of rotatable bonds is 4.